The zero-order valence-electron chi connectivity index (χ0n) is 16.6. The summed E-state index contributed by atoms with van der Waals surface area (Å²) in [6.45, 7) is 5.59. The van der Waals surface area contributed by atoms with Gasteiger partial charge in [0.1, 0.15) is 17.2 Å². The van der Waals surface area contributed by atoms with Gasteiger partial charge in [0, 0.05) is 17.3 Å². The molecule has 4 rings (SSSR count). The van der Waals surface area contributed by atoms with E-state index in [-0.39, 0.29) is 5.82 Å². The molecule has 3 aromatic rings. The Labute approximate surface area is 170 Å². The summed E-state index contributed by atoms with van der Waals surface area (Å²) in [5, 5.41) is 17.3. The molecule has 2 aromatic heterocycles. The van der Waals surface area contributed by atoms with E-state index in [4.69, 9.17) is 0 Å². The number of hydrogen-bond acceptors (Lipinski definition) is 5. The number of rotatable bonds is 4. The molecule has 6 nitrogen and oxygen atoms in total. The molecular formula is C21H20F3N5O. The van der Waals surface area contributed by atoms with Gasteiger partial charge in [-0.2, -0.15) is 8.78 Å². The number of nitrogens with one attached hydrogen (secondary N) is 1. The predicted molar refractivity (Wildman–Crippen MR) is 107 cm³/mol. The van der Waals surface area contributed by atoms with Crippen molar-refractivity contribution < 1.29 is 18.3 Å². The highest BCUT2D eigenvalue weighted by molar-refractivity contribution is 6.06. The first-order valence-electron chi connectivity index (χ1n) is 9.30. The smallest absolute Gasteiger partial charge is 0.333 e. The fourth-order valence-corrected chi connectivity index (χ4v) is 3.08. The molecule has 0 radical (unpaired) electrons. The Bertz CT molecular complexity index is 1170. The van der Waals surface area contributed by atoms with Crippen LogP contribution in [0, 0.1) is 5.82 Å². The maximum Gasteiger partial charge on any atom is 0.333 e. The van der Waals surface area contributed by atoms with E-state index in [0.29, 0.717) is 23.5 Å². The minimum absolute atomic E-state index is 0.127. The monoisotopic (exact) mass is 415 g/mol. The topological polar surface area (TPSA) is 74.8 Å². The molecule has 0 spiro atoms. The number of hydrogen-bond donors (Lipinski definition) is 2. The van der Waals surface area contributed by atoms with E-state index < -0.39 is 28.7 Å². The molecule has 1 aliphatic heterocycles. The van der Waals surface area contributed by atoms with Crippen LogP contribution < -0.4 is 5.32 Å². The zero-order chi connectivity index (χ0) is 21.7. The third-order valence-corrected chi connectivity index (χ3v) is 4.79. The highest BCUT2D eigenvalue weighted by Gasteiger charge is 2.39. The van der Waals surface area contributed by atoms with Crippen molar-refractivity contribution in [3.63, 3.8) is 0 Å². The first-order valence-corrected chi connectivity index (χ1v) is 9.30. The highest BCUT2D eigenvalue weighted by atomic mass is 19.3. The van der Waals surface area contributed by atoms with Gasteiger partial charge < -0.3 is 10.4 Å². The molecule has 3 heterocycles. The zero-order valence-corrected chi connectivity index (χ0v) is 16.6. The number of halogens is 3. The van der Waals surface area contributed by atoms with Crippen molar-refractivity contribution in [2.45, 2.75) is 32.3 Å². The molecule has 0 atom stereocenters. The number of fused-ring (bicyclic) bond motifs is 1. The Morgan fingerprint density at radius 1 is 1.13 bits per heavy atom. The molecular weight excluding hydrogens is 395 g/mol. The second-order valence-corrected chi connectivity index (χ2v) is 7.80. The van der Waals surface area contributed by atoms with E-state index in [2.05, 4.69) is 20.4 Å². The van der Waals surface area contributed by atoms with E-state index in [1.807, 2.05) is 6.92 Å². The van der Waals surface area contributed by atoms with Gasteiger partial charge in [-0.15, -0.1) is 5.10 Å². The van der Waals surface area contributed by atoms with Crippen molar-refractivity contribution >= 4 is 17.2 Å². The van der Waals surface area contributed by atoms with Crippen molar-refractivity contribution in [3.05, 3.63) is 70.9 Å². The van der Waals surface area contributed by atoms with Crippen molar-refractivity contribution in [2.75, 3.05) is 11.9 Å². The molecule has 0 unspecified atom stereocenters. The number of aliphatic imine (C=N–C) groups is 1. The first kappa shape index (κ1) is 20.1. The van der Waals surface area contributed by atoms with Crippen LogP contribution in [-0.2, 0) is 11.5 Å². The number of amidine groups is 1. The van der Waals surface area contributed by atoms with Gasteiger partial charge in [0.05, 0.1) is 12.1 Å². The van der Waals surface area contributed by atoms with Crippen molar-refractivity contribution in [1.29, 1.82) is 0 Å². The average molecular weight is 415 g/mol. The van der Waals surface area contributed by atoms with Crippen LogP contribution in [0.5, 0.6) is 0 Å². The molecule has 9 heteroatoms. The maximum absolute atomic E-state index is 15.2. The van der Waals surface area contributed by atoms with Gasteiger partial charge in [-0.3, -0.25) is 4.99 Å². The molecule has 0 saturated carbocycles. The molecule has 0 amide bonds. The van der Waals surface area contributed by atoms with Gasteiger partial charge >= 0.3 is 5.92 Å². The summed E-state index contributed by atoms with van der Waals surface area (Å²) < 4.78 is 44.8. The van der Waals surface area contributed by atoms with Crippen LogP contribution in [0.2, 0.25) is 0 Å². The van der Waals surface area contributed by atoms with E-state index in [1.54, 1.807) is 26.0 Å². The average Bonchev–Trinajstić information content (AvgIpc) is 3.28. The maximum atomic E-state index is 15.2. The summed E-state index contributed by atoms with van der Waals surface area (Å²) in [6, 6.07) is 5.56. The summed E-state index contributed by atoms with van der Waals surface area (Å²) in [6.07, 6.45) is 3.28. The van der Waals surface area contributed by atoms with E-state index in [1.165, 1.54) is 10.7 Å². The number of aromatic nitrogens is 3. The van der Waals surface area contributed by atoms with Crippen LogP contribution in [0.4, 0.5) is 19.0 Å². The highest BCUT2D eigenvalue weighted by Crippen LogP contribution is 2.35. The first-order chi connectivity index (χ1) is 14.0. The quantitative estimate of drug-likeness (QED) is 0.675. The van der Waals surface area contributed by atoms with Crippen LogP contribution in [-0.4, -0.2) is 32.1 Å². The minimum Gasteiger partial charge on any atom is -0.386 e. The number of benzene rings is 1. The number of anilines is 1. The summed E-state index contributed by atoms with van der Waals surface area (Å²) in [4.78, 5) is 8.38. The number of nitrogens with zero attached hydrogens (tertiary/aromatic N) is 4. The lowest BCUT2D eigenvalue weighted by Gasteiger charge is -2.17. The van der Waals surface area contributed by atoms with E-state index in [9.17, 15) is 9.50 Å². The van der Waals surface area contributed by atoms with Crippen LogP contribution in [0.15, 0.2) is 53.2 Å². The summed E-state index contributed by atoms with van der Waals surface area (Å²) in [5.74, 6) is -4.32. The third-order valence-electron chi connectivity index (χ3n) is 4.79. The second kappa shape index (κ2) is 6.94. The lowest BCUT2D eigenvalue weighted by molar-refractivity contribution is 0.0315. The Balaban J connectivity index is 1.87. The van der Waals surface area contributed by atoms with Gasteiger partial charge in [-0.1, -0.05) is 0 Å². The van der Waals surface area contributed by atoms with Crippen molar-refractivity contribution in [1.82, 2.24) is 14.6 Å². The lowest BCUT2D eigenvalue weighted by atomic mass is 10.0. The molecule has 0 saturated heterocycles. The fourth-order valence-electron chi connectivity index (χ4n) is 3.08. The molecule has 1 aromatic carbocycles. The van der Waals surface area contributed by atoms with Gasteiger partial charge in [-0.25, -0.2) is 13.9 Å². The summed E-state index contributed by atoms with van der Waals surface area (Å²) in [5.41, 5.74) is 0.282. The van der Waals surface area contributed by atoms with Gasteiger partial charge in [0.2, 0.25) is 5.82 Å². The predicted octanol–water partition coefficient (Wildman–Crippen LogP) is 4.01. The van der Waals surface area contributed by atoms with Crippen LogP contribution in [0.3, 0.4) is 0 Å². The van der Waals surface area contributed by atoms with Gasteiger partial charge in [0.15, 0.2) is 5.82 Å². The Morgan fingerprint density at radius 2 is 1.83 bits per heavy atom. The molecule has 30 heavy (non-hydrogen) atoms. The van der Waals surface area contributed by atoms with Crippen molar-refractivity contribution in [3.8, 4) is 0 Å². The van der Waals surface area contributed by atoms with Crippen LogP contribution in [0.25, 0.3) is 5.52 Å². The van der Waals surface area contributed by atoms with Gasteiger partial charge in [0.25, 0.3) is 0 Å². The summed E-state index contributed by atoms with van der Waals surface area (Å²) in [7, 11) is 0. The molecule has 0 aliphatic carbocycles. The number of aliphatic hydroxyl groups is 1. The van der Waals surface area contributed by atoms with Crippen molar-refractivity contribution in [2.24, 2.45) is 4.99 Å². The normalized spacial score (nSPS) is 14.8. The fraction of sp³-hybridized carbons (Fsp3) is 0.286. The Kier molecular flexibility index (Phi) is 4.65. The van der Waals surface area contributed by atoms with Crippen LogP contribution in [0.1, 0.15) is 37.7 Å². The van der Waals surface area contributed by atoms with Gasteiger partial charge in [-0.05, 0) is 62.8 Å². The molecule has 0 fully saturated rings. The SMILES string of the molecule is CC1=CC(Nc2nc(C(F)(F)c3ccc(F)cc3)nn3cc(C(C)(C)O)cc23)=NC1. The molecule has 0 bridgehead atoms. The Morgan fingerprint density at radius 3 is 2.43 bits per heavy atom. The van der Waals surface area contributed by atoms with E-state index >= 15 is 8.78 Å². The standard InChI is InChI=1S/C21H20F3N5O/c1-12-8-17(25-10-12)26-18-16-9-14(20(2,3)30)11-29(16)28-19(27-18)21(23,24)13-4-6-15(22)7-5-13/h4-9,11,30H,10H2,1-3H3,(H,25,26,27,28). The second-order valence-electron chi connectivity index (χ2n) is 7.80. The van der Waals surface area contributed by atoms with E-state index in [0.717, 1.165) is 29.8 Å². The Hall–Kier alpha value is -3.20. The minimum atomic E-state index is -3.57. The lowest BCUT2D eigenvalue weighted by Crippen LogP contribution is -2.22. The summed E-state index contributed by atoms with van der Waals surface area (Å²) >= 11 is 0. The molecule has 156 valence electrons. The molecule has 1 aliphatic rings. The third kappa shape index (κ3) is 3.68. The number of alkyl halides is 2. The van der Waals surface area contributed by atoms with Crippen LogP contribution >= 0.6 is 0 Å². The molecule has 2 N–H and O–H groups in total. The largest absolute Gasteiger partial charge is 0.386 e.